The van der Waals surface area contributed by atoms with E-state index in [2.05, 4.69) is 54.4 Å². The molecular formula is C29H28ClN9O13S4. The number of allylic oxidation sites excluding steroid dienone is 1. The van der Waals surface area contributed by atoms with Crippen LogP contribution in [0.1, 0.15) is 15.9 Å². The van der Waals surface area contributed by atoms with Gasteiger partial charge in [-0.3, -0.25) is 24.2 Å². The number of carbonyl (C=O) groups is 1. The summed E-state index contributed by atoms with van der Waals surface area (Å²) in [7, 11) is -9.55. The Morgan fingerprint density at radius 3 is 2.32 bits per heavy atom. The van der Waals surface area contributed by atoms with Crippen LogP contribution in [-0.4, -0.2) is 107 Å². The third-order valence-corrected chi connectivity index (χ3v) is 11.5. The van der Waals surface area contributed by atoms with Crippen LogP contribution in [0.5, 0.6) is 0 Å². The molecule has 0 radical (unpaired) electrons. The molecule has 1 fully saturated rings. The van der Waals surface area contributed by atoms with Crippen LogP contribution in [0.2, 0.25) is 5.28 Å². The Bertz CT molecular complexity index is 2450. The fraction of sp³-hybridized carbons (Fsp3) is 0.207. The third-order valence-electron chi connectivity index (χ3n) is 8.19. The molecule has 1 aliphatic heterocycles. The largest absolute Gasteiger partial charge is 0.338 e. The predicted molar refractivity (Wildman–Crippen MR) is 202 cm³/mol. The Balaban J connectivity index is 1.42. The van der Waals surface area contributed by atoms with Crippen molar-refractivity contribution in [2.24, 2.45) is 10.8 Å². The van der Waals surface area contributed by atoms with Gasteiger partial charge in [0.15, 0.2) is 0 Å². The molecule has 1 saturated heterocycles. The first kappa shape index (κ1) is 41.5. The molecule has 56 heavy (non-hydrogen) atoms. The van der Waals surface area contributed by atoms with Crippen LogP contribution < -0.4 is 21.4 Å². The van der Waals surface area contributed by atoms with Crippen LogP contribution in [0, 0.1) is 0 Å². The maximum absolute atomic E-state index is 14.4. The van der Waals surface area contributed by atoms with Crippen molar-refractivity contribution in [2.75, 3.05) is 54.9 Å². The SMILES string of the molecule is NCCN1CCN(c2nc(Cl)nc(Nc3cc(S(=O)(=O)O)cc4c3C(=O)/C(=N/Nc3ccc5c(S(=O)(=O)O)cccc5c3SOOO)C(SOOO)=C4)n2)CC1. The zero-order chi connectivity index (χ0) is 40.2. The van der Waals surface area contributed by atoms with Crippen molar-refractivity contribution in [1.82, 2.24) is 19.9 Å². The predicted octanol–water partition coefficient (Wildman–Crippen LogP) is 3.50. The number of fused-ring (bicyclic) bond motifs is 2. The number of nitrogens with two attached hydrogens (primary N) is 1. The number of aromatic nitrogens is 3. The number of hydrogen-bond acceptors (Lipinski definition) is 22. The number of nitrogens with zero attached hydrogens (tertiary/aromatic N) is 6. The minimum Gasteiger partial charge on any atom is -0.338 e. The summed E-state index contributed by atoms with van der Waals surface area (Å²) in [5.41, 5.74) is 7.52. The first-order valence-corrected chi connectivity index (χ1v) is 20.4. The molecule has 4 aromatic rings. The number of anilines is 4. The number of hydrazone groups is 1. The second kappa shape index (κ2) is 17.6. The number of piperazine rings is 1. The smallest absolute Gasteiger partial charge is 0.295 e. The van der Waals surface area contributed by atoms with Crippen LogP contribution in [0.15, 0.2) is 67.2 Å². The quantitative estimate of drug-likeness (QED) is 0.0389. The molecular weight excluding hydrogens is 846 g/mol. The van der Waals surface area contributed by atoms with Crippen LogP contribution >= 0.6 is 35.7 Å². The maximum Gasteiger partial charge on any atom is 0.295 e. The highest BCUT2D eigenvalue weighted by molar-refractivity contribution is 7.99. The molecule has 2 heterocycles. The zero-order valence-corrected chi connectivity index (χ0v) is 32.1. The second-order valence-corrected chi connectivity index (χ2v) is 16.1. The molecule has 0 bridgehead atoms. The average molecular weight is 874 g/mol. The van der Waals surface area contributed by atoms with Crippen molar-refractivity contribution in [3.05, 3.63) is 63.8 Å². The summed E-state index contributed by atoms with van der Waals surface area (Å²) in [6.07, 6.45) is 1.24. The lowest BCUT2D eigenvalue weighted by Crippen LogP contribution is -2.48. The Morgan fingerprint density at radius 1 is 0.911 bits per heavy atom. The van der Waals surface area contributed by atoms with Crippen molar-refractivity contribution < 1.29 is 60.0 Å². The van der Waals surface area contributed by atoms with E-state index < -0.39 is 41.5 Å². The van der Waals surface area contributed by atoms with Gasteiger partial charge in [0, 0.05) is 50.0 Å². The molecule has 1 aromatic heterocycles. The second-order valence-electron chi connectivity index (χ2n) is 11.5. The normalized spacial score (nSPS) is 16.0. The number of halogens is 1. The lowest BCUT2D eigenvalue weighted by atomic mass is 9.93. The van der Waals surface area contributed by atoms with Gasteiger partial charge in [-0.1, -0.05) is 28.3 Å². The van der Waals surface area contributed by atoms with Crippen LogP contribution in [0.25, 0.3) is 16.8 Å². The van der Waals surface area contributed by atoms with E-state index in [0.29, 0.717) is 63.4 Å². The molecule has 0 spiro atoms. The topological polar surface area (TPSA) is 311 Å². The molecule has 2 aliphatic rings. The van der Waals surface area contributed by atoms with Gasteiger partial charge in [0.2, 0.25) is 23.0 Å². The highest BCUT2D eigenvalue weighted by Gasteiger charge is 2.33. The van der Waals surface area contributed by atoms with Crippen LogP contribution in [0.3, 0.4) is 0 Å². The number of ketones is 1. The van der Waals surface area contributed by atoms with Crippen molar-refractivity contribution in [2.45, 2.75) is 14.7 Å². The van der Waals surface area contributed by atoms with Gasteiger partial charge in [-0.15, -0.1) is 8.67 Å². The van der Waals surface area contributed by atoms with Gasteiger partial charge in [0.25, 0.3) is 20.2 Å². The number of benzene rings is 3. The van der Waals surface area contributed by atoms with Gasteiger partial charge in [0.05, 0.1) is 55.7 Å². The van der Waals surface area contributed by atoms with E-state index in [4.69, 9.17) is 27.8 Å². The summed E-state index contributed by atoms with van der Waals surface area (Å²) in [6.45, 7) is 3.61. The number of rotatable bonds is 15. The first-order valence-electron chi connectivity index (χ1n) is 15.7. The number of nitrogens with one attached hydrogen (secondary N) is 2. The van der Waals surface area contributed by atoms with Gasteiger partial charge >= 0.3 is 0 Å². The Morgan fingerprint density at radius 2 is 1.64 bits per heavy atom. The van der Waals surface area contributed by atoms with E-state index in [1.54, 1.807) is 0 Å². The molecule has 0 saturated carbocycles. The molecule has 6 rings (SSSR count). The fourth-order valence-electron chi connectivity index (χ4n) is 5.79. The minimum absolute atomic E-state index is 0.0466. The first-order chi connectivity index (χ1) is 26.7. The molecule has 3 aromatic carbocycles. The van der Waals surface area contributed by atoms with Gasteiger partial charge in [0.1, 0.15) is 10.6 Å². The lowest BCUT2D eigenvalue weighted by Gasteiger charge is -2.34. The van der Waals surface area contributed by atoms with Crippen LogP contribution in [-0.2, 0) is 39.0 Å². The molecule has 1 aliphatic carbocycles. The molecule has 0 atom stereocenters. The maximum atomic E-state index is 14.4. The van der Waals surface area contributed by atoms with E-state index in [9.17, 15) is 30.7 Å². The van der Waals surface area contributed by atoms with Gasteiger partial charge < -0.3 is 16.0 Å². The molecule has 0 unspecified atom stereocenters. The summed E-state index contributed by atoms with van der Waals surface area (Å²) in [5.74, 6) is -0.864. The highest BCUT2D eigenvalue weighted by Crippen LogP contribution is 2.40. The summed E-state index contributed by atoms with van der Waals surface area (Å²) in [5, 5.41) is 32.3. The number of hydrogen-bond donors (Lipinski definition) is 7. The summed E-state index contributed by atoms with van der Waals surface area (Å²) < 4.78 is 77.9. The molecule has 27 heteroatoms. The van der Waals surface area contributed by atoms with Crippen LogP contribution in [0.4, 0.5) is 23.3 Å². The summed E-state index contributed by atoms with van der Waals surface area (Å²) in [6, 6.07) is 8.57. The highest BCUT2D eigenvalue weighted by atomic mass is 35.5. The molecule has 8 N–H and O–H groups in total. The van der Waals surface area contributed by atoms with Crippen molar-refractivity contribution >= 4 is 108 Å². The van der Waals surface area contributed by atoms with Crippen molar-refractivity contribution in [3.8, 4) is 0 Å². The Labute approximate surface area is 330 Å². The Kier molecular flexibility index (Phi) is 13.0. The van der Waals surface area contributed by atoms with E-state index >= 15 is 0 Å². The molecule has 0 amide bonds. The summed E-state index contributed by atoms with van der Waals surface area (Å²) >= 11 is 6.99. The zero-order valence-electron chi connectivity index (χ0n) is 28.1. The van der Waals surface area contributed by atoms with Gasteiger partial charge in [-0.25, -0.2) is 10.5 Å². The standard InChI is InChI=1S/C29H28ClN9O13S4/c30-27-33-28(35-29(34-27)39-10-8-38(7-6-31)9-11-39)32-20-14-16(55(43,44)45)12-15-13-21(53-51-49-41)24(25(40)23(15)20)37-36-19-5-4-17-18(26(19)54-52-50-42)2-1-3-22(17)56(46,47)48/h1-5,12-14,36,41-42H,6-11,31H2,(H,43,44,45)(H,46,47,48)(H,32,33,34,35)/b37-24+. The van der Waals surface area contributed by atoms with Gasteiger partial charge in [-0.2, -0.15) is 36.9 Å². The van der Waals surface area contributed by atoms with Crippen molar-refractivity contribution in [1.29, 1.82) is 0 Å². The van der Waals surface area contributed by atoms with E-state index in [1.165, 1.54) is 30.3 Å². The summed E-state index contributed by atoms with van der Waals surface area (Å²) in [4.78, 5) is 30.0. The lowest BCUT2D eigenvalue weighted by molar-refractivity contribution is -0.432. The van der Waals surface area contributed by atoms with Crippen molar-refractivity contribution in [3.63, 3.8) is 0 Å². The van der Waals surface area contributed by atoms with Gasteiger partial charge in [-0.05, 0) is 47.5 Å². The third kappa shape index (κ3) is 9.36. The Hall–Kier alpha value is -4.10. The molecule has 22 nitrogen and oxygen atoms in total. The monoisotopic (exact) mass is 873 g/mol. The minimum atomic E-state index is -4.87. The fourth-order valence-corrected chi connectivity index (χ4v) is 8.26. The number of Topliss-reactive ketones (excluding diaryl/α,β-unsaturated/α-hetero) is 1. The van der Waals surface area contributed by atoms with E-state index in [-0.39, 0.29) is 60.3 Å². The van der Waals surface area contributed by atoms with E-state index in [1.807, 2.05) is 4.90 Å². The van der Waals surface area contributed by atoms with E-state index in [0.717, 1.165) is 18.2 Å². The average Bonchev–Trinajstić information content (AvgIpc) is 3.15. The molecule has 298 valence electrons. The number of carbonyl (C=O) groups excluding carboxylic acids is 1.